The normalized spacial score (nSPS) is 10.7. The fourth-order valence-corrected chi connectivity index (χ4v) is 3.09. The van der Waals surface area contributed by atoms with Gasteiger partial charge in [0.25, 0.3) is 5.91 Å². The van der Waals surface area contributed by atoms with E-state index in [1.807, 2.05) is 61.9 Å². The maximum Gasteiger partial charge on any atom is 0.272 e. The zero-order chi connectivity index (χ0) is 18.1. The number of fused-ring (bicyclic) bond motifs is 1. The van der Waals surface area contributed by atoms with Crippen molar-refractivity contribution in [3.8, 4) is 0 Å². The summed E-state index contributed by atoms with van der Waals surface area (Å²) in [5.41, 5.74) is 4.90. The summed E-state index contributed by atoms with van der Waals surface area (Å²) in [6, 6.07) is 13.4. The summed E-state index contributed by atoms with van der Waals surface area (Å²) in [4.78, 5) is 24.2. The van der Waals surface area contributed by atoms with Crippen molar-refractivity contribution >= 4 is 34.1 Å². The molecule has 0 radical (unpaired) electrons. The third kappa shape index (κ3) is 3.26. The molecule has 5 heteroatoms. The van der Waals surface area contributed by atoms with E-state index in [9.17, 15) is 9.59 Å². The van der Waals surface area contributed by atoms with Crippen LogP contribution in [0.2, 0.25) is 0 Å². The lowest BCUT2D eigenvalue weighted by Gasteiger charge is -2.13. The molecular weight excluding hydrogens is 314 g/mol. The molecule has 128 valence electrons. The number of aryl methyl sites for hydroxylation is 3. The Balaban J connectivity index is 1.98. The molecule has 3 aromatic rings. The van der Waals surface area contributed by atoms with Gasteiger partial charge in [-0.1, -0.05) is 24.3 Å². The highest BCUT2D eigenvalue weighted by molar-refractivity contribution is 6.09. The summed E-state index contributed by atoms with van der Waals surface area (Å²) >= 11 is 0. The fraction of sp³-hybridized carbons (Fsp3) is 0.200. The zero-order valence-corrected chi connectivity index (χ0v) is 14.8. The van der Waals surface area contributed by atoms with Gasteiger partial charge in [-0.05, 0) is 43.2 Å². The molecule has 2 aromatic carbocycles. The molecule has 0 aliphatic heterocycles. The molecule has 1 heterocycles. The van der Waals surface area contributed by atoms with Gasteiger partial charge in [-0.25, -0.2) is 0 Å². The maximum absolute atomic E-state index is 12.8. The quantitative estimate of drug-likeness (QED) is 0.760. The Hall–Kier alpha value is -3.08. The second-order valence-electron chi connectivity index (χ2n) is 6.29. The number of benzene rings is 2. The molecule has 1 aromatic heterocycles. The van der Waals surface area contributed by atoms with Crippen LogP contribution in [0.25, 0.3) is 10.9 Å². The summed E-state index contributed by atoms with van der Waals surface area (Å²) in [7, 11) is 1.88. The van der Waals surface area contributed by atoms with Crippen molar-refractivity contribution < 1.29 is 9.59 Å². The molecule has 0 aliphatic carbocycles. The van der Waals surface area contributed by atoms with Gasteiger partial charge in [0.05, 0.1) is 16.9 Å². The van der Waals surface area contributed by atoms with Crippen molar-refractivity contribution in [3.63, 3.8) is 0 Å². The van der Waals surface area contributed by atoms with E-state index in [1.165, 1.54) is 6.92 Å². The van der Waals surface area contributed by atoms with E-state index >= 15 is 0 Å². The van der Waals surface area contributed by atoms with E-state index in [4.69, 9.17) is 0 Å². The number of rotatable bonds is 3. The largest absolute Gasteiger partial charge is 0.339 e. The van der Waals surface area contributed by atoms with Gasteiger partial charge >= 0.3 is 0 Å². The van der Waals surface area contributed by atoms with Crippen LogP contribution in [0, 0.1) is 13.8 Å². The van der Waals surface area contributed by atoms with Crippen LogP contribution in [-0.4, -0.2) is 16.4 Å². The van der Waals surface area contributed by atoms with E-state index in [2.05, 4.69) is 10.6 Å². The van der Waals surface area contributed by atoms with Gasteiger partial charge in [0, 0.05) is 19.4 Å². The van der Waals surface area contributed by atoms with E-state index in [-0.39, 0.29) is 11.8 Å². The van der Waals surface area contributed by atoms with E-state index in [0.717, 1.165) is 22.0 Å². The van der Waals surface area contributed by atoms with Crippen molar-refractivity contribution in [2.24, 2.45) is 7.05 Å². The van der Waals surface area contributed by atoms with Crippen LogP contribution in [0.4, 0.5) is 11.4 Å². The van der Waals surface area contributed by atoms with Gasteiger partial charge in [0.2, 0.25) is 5.91 Å². The number of carbonyl (C=O) groups excluding carboxylic acids is 2. The Morgan fingerprint density at radius 3 is 2.40 bits per heavy atom. The second-order valence-corrected chi connectivity index (χ2v) is 6.29. The first kappa shape index (κ1) is 16.8. The van der Waals surface area contributed by atoms with Crippen molar-refractivity contribution in [1.82, 2.24) is 4.57 Å². The molecule has 0 unspecified atom stereocenters. The van der Waals surface area contributed by atoms with Crippen LogP contribution in [0.1, 0.15) is 28.5 Å². The van der Waals surface area contributed by atoms with Crippen molar-refractivity contribution in [2.75, 3.05) is 10.6 Å². The smallest absolute Gasteiger partial charge is 0.272 e. The van der Waals surface area contributed by atoms with Crippen LogP contribution < -0.4 is 10.6 Å². The number of aromatic nitrogens is 1. The number of hydrogen-bond acceptors (Lipinski definition) is 2. The van der Waals surface area contributed by atoms with E-state index < -0.39 is 0 Å². The van der Waals surface area contributed by atoms with Gasteiger partial charge in [-0.2, -0.15) is 0 Å². The van der Waals surface area contributed by atoms with Gasteiger partial charge in [0.15, 0.2) is 0 Å². The van der Waals surface area contributed by atoms with Crippen LogP contribution in [0.15, 0.2) is 42.5 Å². The Labute approximate surface area is 146 Å². The van der Waals surface area contributed by atoms with Gasteiger partial charge in [-0.15, -0.1) is 0 Å². The standard InChI is InChI=1S/C20H21N3O2/c1-12-8-9-16(21-14(3)24)17(10-12)22-20(25)18-11-15-7-5-6-13(2)19(15)23(18)4/h5-11H,1-4H3,(H,21,24)(H,22,25). The molecule has 0 fully saturated rings. The average Bonchev–Trinajstić information content (AvgIpc) is 2.88. The van der Waals surface area contributed by atoms with E-state index in [1.54, 1.807) is 6.07 Å². The third-order valence-corrected chi connectivity index (χ3v) is 4.22. The van der Waals surface area contributed by atoms with Crippen LogP contribution in [0.5, 0.6) is 0 Å². The molecule has 2 N–H and O–H groups in total. The molecule has 3 rings (SSSR count). The fourth-order valence-electron chi connectivity index (χ4n) is 3.09. The zero-order valence-electron chi connectivity index (χ0n) is 14.8. The Morgan fingerprint density at radius 2 is 1.72 bits per heavy atom. The number of amides is 2. The third-order valence-electron chi connectivity index (χ3n) is 4.22. The first-order valence-electron chi connectivity index (χ1n) is 8.11. The van der Waals surface area contributed by atoms with Crippen molar-refractivity contribution in [3.05, 3.63) is 59.3 Å². The summed E-state index contributed by atoms with van der Waals surface area (Å²) < 4.78 is 1.90. The minimum Gasteiger partial charge on any atom is -0.339 e. The molecular formula is C20H21N3O2. The molecule has 2 amide bonds. The molecule has 0 saturated carbocycles. The highest BCUT2D eigenvalue weighted by Crippen LogP contribution is 2.26. The highest BCUT2D eigenvalue weighted by Gasteiger charge is 2.16. The van der Waals surface area contributed by atoms with E-state index in [0.29, 0.717) is 17.1 Å². The molecule has 0 saturated heterocycles. The maximum atomic E-state index is 12.8. The predicted molar refractivity (Wildman–Crippen MR) is 101 cm³/mol. The first-order chi connectivity index (χ1) is 11.9. The SMILES string of the molecule is CC(=O)Nc1ccc(C)cc1NC(=O)c1cc2cccc(C)c2n1C. The Kier molecular flexibility index (Phi) is 4.31. The van der Waals surface area contributed by atoms with Gasteiger partial charge in [0.1, 0.15) is 5.69 Å². The number of carbonyl (C=O) groups is 2. The summed E-state index contributed by atoms with van der Waals surface area (Å²) in [6.45, 7) is 5.41. The predicted octanol–water partition coefficient (Wildman–Crippen LogP) is 4.01. The highest BCUT2D eigenvalue weighted by atomic mass is 16.2. The molecule has 0 aliphatic rings. The minimum atomic E-state index is -0.213. The number of hydrogen-bond donors (Lipinski definition) is 2. The Morgan fingerprint density at radius 1 is 0.960 bits per heavy atom. The number of nitrogens with zero attached hydrogens (tertiary/aromatic N) is 1. The second kappa shape index (κ2) is 6.43. The summed E-state index contributed by atoms with van der Waals surface area (Å²) in [5.74, 6) is -0.394. The first-order valence-corrected chi connectivity index (χ1v) is 8.11. The van der Waals surface area contributed by atoms with Crippen molar-refractivity contribution in [2.45, 2.75) is 20.8 Å². The summed E-state index contributed by atoms with van der Waals surface area (Å²) in [5, 5.41) is 6.69. The van der Waals surface area contributed by atoms with Crippen LogP contribution >= 0.6 is 0 Å². The average molecular weight is 335 g/mol. The van der Waals surface area contributed by atoms with Crippen LogP contribution in [-0.2, 0) is 11.8 Å². The molecule has 25 heavy (non-hydrogen) atoms. The number of nitrogens with one attached hydrogen (secondary N) is 2. The lowest BCUT2D eigenvalue weighted by Crippen LogP contribution is -2.17. The molecule has 0 spiro atoms. The van der Waals surface area contributed by atoms with Crippen LogP contribution in [0.3, 0.4) is 0 Å². The number of anilines is 2. The number of para-hydroxylation sites is 1. The topological polar surface area (TPSA) is 63.1 Å². The molecule has 0 atom stereocenters. The summed E-state index contributed by atoms with van der Waals surface area (Å²) in [6.07, 6.45) is 0. The minimum absolute atomic E-state index is 0.181. The van der Waals surface area contributed by atoms with Gasteiger partial charge in [-0.3, -0.25) is 9.59 Å². The van der Waals surface area contributed by atoms with Gasteiger partial charge < -0.3 is 15.2 Å². The molecule has 0 bridgehead atoms. The lowest BCUT2D eigenvalue weighted by molar-refractivity contribution is -0.114. The Bertz CT molecular complexity index is 986. The lowest BCUT2D eigenvalue weighted by atomic mass is 10.1. The molecule has 5 nitrogen and oxygen atoms in total. The monoisotopic (exact) mass is 335 g/mol. The van der Waals surface area contributed by atoms with Crippen molar-refractivity contribution in [1.29, 1.82) is 0 Å².